The van der Waals surface area contributed by atoms with Gasteiger partial charge in [-0.05, 0) is 36.1 Å². The maximum atomic E-state index is 8.97. The minimum Gasteiger partial charge on any atom is -0.444 e. The van der Waals surface area contributed by atoms with Crippen molar-refractivity contribution in [3.8, 4) is 24.1 Å². The highest BCUT2D eigenvalue weighted by Crippen LogP contribution is 2.02. The molecular weight excluding hydrogens is 628 g/mol. The second kappa shape index (κ2) is 25.9. The van der Waals surface area contributed by atoms with Crippen LogP contribution < -0.4 is 0 Å². The van der Waals surface area contributed by atoms with Crippen molar-refractivity contribution >= 4 is 0 Å². The number of aromatic nitrogens is 6. The summed E-state index contributed by atoms with van der Waals surface area (Å²) >= 11 is 0. The van der Waals surface area contributed by atoms with E-state index in [1.807, 2.05) is 24.3 Å². The van der Waals surface area contributed by atoms with Crippen molar-refractivity contribution in [3.05, 3.63) is 59.2 Å². The average molecular weight is 673 g/mol. The van der Waals surface area contributed by atoms with Crippen LogP contribution in [-0.4, -0.2) is 133 Å². The van der Waals surface area contributed by atoms with E-state index in [1.165, 1.54) is 0 Å². The van der Waals surface area contributed by atoms with E-state index < -0.39 is 0 Å². The Hall–Kier alpha value is -4.10. The Morgan fingerprint density at radius 3 is 1.15 bits per heavy atom. The molecule has 0 aliphatic heterocycles. The summed E-state index contributed by atoms with van der Waals surface area (Å²) in [5.41, 5.74) is 2.68. The van der Waals surface area contributed by atoms with Crippen molar-refractivity contribution < 1.29 is 48.1 Å². The fourth-order valence-corrected chi connectivity index (χ4v) is 3.57. The molecule has 0 aliphatic carbocycles. The number of nitrogens with zero attached hydrogens (tertiary/aromatic N) is 6. The SMILES string of the molecule is OCc1cn(CCOCCOCCOCCOC#Cc2ccc(C#COCCOCCOCCOCCn3cc(CO)nn3)cc2)nn1. The first-order chi connectivity index (χ1) is 23.8. The average Bonchev–Trinajstić information content (AvgIpc) is 3.78. The van der Waals surface area contributed by atoms with Crippen molar-refractivity contribution in [2.75, 3.05) is 92.5 Å². The summed E-state index contributed by atoms with van der Waals surface area (Å²) in [7, 11) is 0. The van der Waals surface area contributed by atoms with Gasteiger partial charge >= 0.3 is 0 Å². The molecule has 16 heteroatoms. The zero-order chi connectivity index (χ0) is 33.7. The molecule has 0 unspecified atom stereocenters. The summed E-state index contributed by atoms with van der Waals surface area (Å²) in [4.78, 5) is 0. The highest BCUT2D eigenvalue weighted by molar-refractivity contribution is 5.40. The lowest BCUT2D eigenvalue weighted by Gasteiger charge is -2.06. The van der Waals surface area contributed by atoms with Crippen LogP contribution in [0.25, 0.3) is 0 Å². The zero-order valence-electron chi connectivity index (χ0n) is 27.0. The normalized spacial score (nSPS) is 10.7. The maximum Gasteiger partial charge on any atom is 0.123 e. The minimum absolute atomic E-state index is 0.125. The third-order valence-electron chi connectivity index (χ3n) is 5.99. The molecule has 0 saturated carbocycles. The number of hydrogen-bond donors (Lipinski definition) is 2. The van der Waals surface area contributed by atoms with Crippen molar-refractivity contribution in [3.63, 3.8) is 0 Å². The molecule has 48 heavy (non-hydrogen) atoms. The Kier molecular flexibility index (Phi) is 20.7. The van der Waals surface area contributed by atoms with Crippen LogP contribution in [0.4, 0.5) is 0 Å². The second-order valence-corrected chi connectivity index (χ2v) is 9.66. The van der Waals surface area contributed by atoms with Crippen LogP contribution in [0, 0.1) is 24.1 Å². The molecule has 0 bridgehead atoms. The van der Waals surface area contributed by atoms with Crippen LogP contribution in [0.3, 0.4) is 0 Å². The predicted molar refractivity (Wildman–Crippen MR) is 169 cm³/mol. The highest BCUT2D eigenvalue weighted by Gasteiger charge is 2.00. The van der Waals surface area contributed by atoms with Gasteiger partial charge in [0.25, 0.3) is 0 Å². The Labute approximate surface area is 280 Å². The fraction of sp³-hybridized carbons (Fsp3) is 0.562. The molecule has 2 heterocycles. The molecule has 0 fully saturated rings. The molecule has 0 saturated heterocycles. The predicted octanol–water partition coefficient (Wildman–Crippen LogP) is 0.00540. The van der Waals surface area contributed by atoms with E-state index in [0.29, 0.717) is 117 Å². The van der Waals surface area contributed by atoms with E-state index in [0.717, 1.165) is 11.1 Å². The molecule has 2 aromatic heterocycles. The third-order valence-corrected chi connectivity index (χ3v) is 5.99. The molecule has 0 radical (unpaired) electrons. The zero-order valence-corrected chi connectivity index (χ0v) is 27.0. The summed E-state index contributed by atoms with van der Waals surface area (Å²) in [6.45, 7) is 7.06. The van der Waals surface area contributed by atoms with Gasteiger partial charge in [0.05, 0.1) is 118 Å². The van der Waals surface area contributed by atoms with Gasteiger partial charge in [0.2, 0.25) is 0 Å². The van der Waals surface area contributed by atoms with Gasteiger partial charge in [0.15, 0.2) is 0 Å². The quantitative estimate of drug-likeness (QED) is 0.0861. The molecule has 0 amide bonds. The highest BCUT2D eigenvalue weighted by atomic mass is 16.6. The van der Waals surface area contributed by atoms with E-state index in [2.05, 4.69) is 44.7 Å². The van der Waals surface area contributed by atoms with Crippen LogP contribution in [0.2, 0.25) is 0 Å². The largest absolute Gasteiger partial charge is 0.444 e. The summed E-state index contributed by atoms with van der Waals surface area (Å²) in [5, 5.41) is 33.3. The lowest BCUT2D eigenvalue weighted by molar-refractivity contribution is 0.00621. The van der Waals surface area contributed by atoms with Gasteiger partial charge in [-0.2, -0.15) is 0 Å². The van der Waals surface area contributed by atoms with Crippen molar-refractivity contribution in [1.82, 2.24) is 30.0 Å². The number of aliphatic hydroxyl groups excluding tert-OH is 2. The summed E-state index contributed by atoms with van der Waals surface area (Å²) in [6, 6.07) is 7.44. The van der Waals surface area contributed by atoms with Crippen molar-refractivity contribution in [1.29, 1.82) is 0 Å². The van der Waals surface area contributed by atoms with Gasteiger partial charge in [-0.25, -0.2) is 9.36 Å². The Balaban J connectivity index is 1.06. The molecule has 16 nitrogen and oxygen atoms in total. The molecule has 3 aromatic rings. The first kappa shape index (κ1) is 38.3. The molecule has 262 valence electrons. The van der Waals surface area contributed by atoms with Crippen LogP contribution in [0.1, 0.15) is 22.5 Å². The number of aliphatic hydroxyl groups is 2. The summed E-state index contributed by atoms with van der Waals surface area (Å²) in [6.07, 6.45) is 8.70. The van der Waals surface area contributed by atoms with Gasteiger partial charge in [0.1, 0.15) is 36.8 Å². The van der Waals surface area contributed by atoms with Crippen molar-refractivity contribution in [2.24, 2.45) is 0 Å². The van der Waals surface area contributed by atoms with Crippen LogP contribution in [0.5, 0.6) is 0 Å². The van der Waals surface area contributed by atoms with Crippen molar-refractivity contribution in [2.45, 2.75) is 26.3 Å². The van der Waals surface area contributed by atoms with Crippen LogP contribution in [-0.2, 0) is 64.2 Å². The van der Waals surface area contributed by atoms with E-state index >= 15 is 0 Å². The maximum absolute atomic E-state index is 8.97. The van der Waals surface area contributed by atoms with E-state index in [9.17, 15) is 0 Å². The molecule has 3 rings (SSSR count). The first-order valence-corrected chi connectivity index (χ1v) is 15.6. The number of benzene rings is 1. The second-order valence-electron chi connectivity index (χ2n) is 9.66. The van der Waals surface area contributed by atoms with E-state index in [-0.39, 0.29) is 13.2 Å². The van der Waals surface area contributed by atoms with Gasteiger partial charge < -0.3 is 48.1 Å². The molecule has 2 N–H and O–H groups in total. The lowest BCUT2D eigenvalue weighted by Crippen LogP contribution is -2.13. The smallest absolute Gasteiger partial charge is 0.123 e. The molecule has 1 aromatic carbocycles. The van der Waals surface area contributed by atoms with Gasteiger partial charge in [-0.15, -0.1) is 10.2 Å². The Morgan fingerprint density at radius 2 is 0.812 bits per heavy atom. The fourth-order valence-electron chi connectivity index (χ4n) is 3.57. The molecular formula is C32H44N6O10. The number of rotatable bonds is 26. The van der Waals surface area contributed by atoms with Crippen LogP contribution in [0.15, 0.2) is 36.7 Å². The standard InChI is InChI=1S/C32H44N6O10/c39-27-31-25-37(35-33-31)7-11-43-15-19-47-23-21-45-17-13-41-9-5-29-1-2-30(4-3-29)6-10-42-14-18-46-22-24-48-20-16-44-12-8-38-26-32(28-40)34-36-38/h1-4,25-26,39-40H,7-8,11-24,27-28H2. The Morgan fingerprint density at radius 1 is 0.479 bits per heavy atom. The van der Waals surface area contributed by atoms with E-state index in [1.54, 1.807) is 21.8 Å². The molecule has 0 atom stereocenters. The monoisotopic (exact) mass is 672 g/mol. The van der Waals surface area contributed by atoms with E-state index in [4.69, 9.17) is 48.1 Å². The summed E-state index contributed by atoms with van der Waals surface area (Å²) in [5.74, 6) is 5.87. The number of hydrogen-bond acceptors (Lipinski definition) is 14. The summed E-state index contributed by atoms with van der Waals surface area (Å²) < 4.78 is 46.6. The molecule has 0 spiro atoms. The van der Waals surface area contributed by atoms with Gasteiger partial charge in [-0.3, -0.25) is 0 Å². The first-order valence-electron chi connectivity index (χ1n) is 15.6. The van der Waals surface area contributed by atoms with Gasteiger partial charge in [-0.1, -0.05) is 10.4 Å². The Bertz CT molecular complexity index is 1260. The number of ether oxygens (including phenoxy) is 8. The minimum atomic E-state index is -0.125. The topological polar surface area (TPSA) is 176 Å². The van der Waals surface area contributed by atoms with Crippen LogP contribution >= 0.6 is 0 Å². The molecule has 0 aliphatic rings. The van der Waals surface area contributed by atoms with Gasteiger partial charge in [0, 0.05) is 11.1 Å². The lowest BCUT2D eigenvalue weighted by atomic mass is 10.1. The third kappa shape index (κ3) is 18.3.